The van der Waals surface area contributed by atoms with Crippen molar-refractivity contribution in [1.29, 1.82) is 0 Å². The van der Waals surface area contributed by atoms with Gasteiger partial charge in [-0.1, -0.05) is 0 Å². The van der Waals surface area contributed by atoms with E-state index in [0.717, 1.165) is 38.4 Å². The highest BCUT2D eigenvalue weighted by Crippen LogP contribution is 2.39. The van der Waals surface area contributed by atoms with Gasteiger partial charge < -0.3 is 19.7 Å². The summed E-state index contributed by atoms with van der Waals surface area (Å²) in [6, 6.07) is 1.12. The first kappa shape index (κ1) is 12.9. The lowest BCUT2D eigenvalue weighted by Gasteiger charge is -2.44. The van der Waals surface area contributed by atoms with Crippen LogP contribution in [0.3, 0.4) is 0 Å². The van der Waals surface area contributed by atoms with Crippen molar-refractivity contribution in [2.75, 3.05) is 33.9 Å². The van der Waals surface area contributed by atoms with Gasteiger partial charge in [0, 0.05) is 31.5 Å². The van der Waals surface area contributed by atoms with Crippen molar-refractivity contribution in [3.63, 3.8) is 0 Å². The molecule has 4 heteroatoms. The predicted octanol–water partition coefficient (Wildman–Crippen LogP) is 1.21. The number of nitrogens with zero attached hydrogens (tertiary/aromatic N) is 1. The lowest BCUT2D eigenvalue weighted by atomic mass is 9.84. The Morgan fingerprint density at radius 2 is 1.94 bits per heavy atom. The molecule has 1 aliphatic heterocycles. The van der Waals surface area contributed by atoms with Crippen molar-refractivity contribution >= 4 is 0 Å². The van der Waals surface area contributed by atoms with E-state index in [1.807, 2.05) is 0 Å². The molecule has 2 aliphatic carbocycles. The highest BCUT2D eigenvalue weighted by molar-refractivity contribution is 4.96. The first-order chi connectivity index (χ1) is 8.72. The fourth-order valence-electron chi connectivity index (χ4n) is 3.53. The van der Waals surface area contributed by atoms with E-state index in [4.69, 9.17) is 9.47 Å². The Morgan fingerprint density at radius 1 is 1.22 bits per heavy atom. The Balaban J connectivity index is 1.66. The molecule has 2 atom stereocenters. The summed E-state index contributed by atoms with van der Waals surface area (Å²) in [5.74, 6) is 0.673. The molecule has 2 saturated carbocycles. The predicted molar refractivity (Wildman–Crippen MR) is 70.5 cm³/mol. The second-order valence-electron chi connectivity index (χ2n) is 6.20. The molecule has 1 spiro atoms. The van der Waals surface area contributed by atoms with Gasteiger partial charge in [-0.3, -0.25) is 0 Å². The van der Waals surface area contributed by atoms with Gasteiger partial charge in [-0.15, -0.1) is 0 Å². The molecule has 1 N–H and O–H groups in total. The first-order valence-corrected chi connectivity index (χ1v) is 7.38. The molecule has 4 nitrogen and oxygen atoms in total. The van der Waals surface area contributed by atoms with Gasteiger partial charge >= 0.3 is 0 Å². The quantitative estimate of drug-likeness (QED) is 0.818. The van der Waals surface area contributed by atoms with E-state index in [9.17, 15) is 0 Å². The molecule has 3 aliphatic rings. The molecule has 0 aromatic rings. The lowest BCUT2D eigenvalue weighted by Crippen LogP contribution is -2.56. The van der Waals surface area contributed by atoms with Gasteiger partial charge in [-0.25, -0.2) is 0 Å². The Morgan fingerprint density at radius 3 is 2.56 bits per heavy atom. The van der Waals surface area contributed by atoms with E-state index >= 15 is 0 Å². The summed E-state index contributed by atoms with van der Waals surface area (Å²) in [6.07, 6.45) is 6.03. The van der Waals surface area contributed by atoms with Gasteiger partial charge in [0.2, 0.25) is 0 Å². The summed E-state index contributed by atoms with van der Waals surface area (Å²) < 4.78 is 11.8. The number of nitrogens with one attached hydrogen (secondary N) is 1. The van der Waals surface area contributed by atoms with Crippen LogP contribution in [0.1, 0.15) is 32.1 Å². The molecule has 0 aromatic carbocycles. The van der Waals surface area contributed by atoms with Gasteiger partial charge in [-0.2, -0.15) is 0 Å². The van der Waals surface area contributed by atoms with Crippen LogP contribution in [0.5, 0.6) is 0 Å². The molecule has 0 bridgehead atoms. The van der Waals surface area contributed by atoms with Gasteiger partial charge in [-0.05, 0) is 39.3 Å². The zero-order valence-corrected chi connectivity index (χ0v) is 11.7. The fraction of sp³-hybridized carbons (Fsp3) is 1.00. The smallest absolute Gasteiger partial charge is 0.170 e. The van der Waals surface area contributed by atoms with Crippen molar-refractivity contribution in [3.8, 4) is 0 Å². The normalized spacial score (nSPS) is 35.5. The third-order valence-electron chi connectivity index (χ3n) is 4.81. The molecule has 18 heavy (non-hydrogen) atoms. The van der Waals surface area contributed by atoms with Crippen LogP contribution in [-0.4, -0.2) is 56.6 Å². The van der Waals surface area contributed by atoms with Gasteiger partial charge in [0.1, 0.15) is 0 Å². The molecule has 1 heterocycles. The maximum atomic E-state index is 5.90. The summed E-state index contributed by atoms with van der Waals surface area (Å²) in [6.45, 7) is 2.77. The van der Waals surface area contributed by atoms with Crippen LogP contribution in [0.4, 0.5) is 0 Å². The molecular formula is C14H26N2O2. The van der Waals surface area contributed by atoms with E-state index in [-0.39, 0.29) is 5.79 Å². The third kappa shape index (κ3) is 2.57. The van der Waals surface area contributed by atoms with Crippen molar-refractivity contribution in [2.45, 2.75) is 50.0 Å². The molecule has 104 valence electrons. The number of ether oxygens (including phenoxy) is 2. The number of likely N-dealkylation sites (N-methyl/N-ethyl adjacent to an activating group) is 2. The topological polar surface area (TPSA) is 33.7 Å². The Labute approximate surface area is 110 Å². The van der Waals surface area contributed by atoms with E-state index < -0.39 is 0 Å². The molecule has 0 radical (unpaired) electrons. The third-order valence-corrected chi connectivity index (χ3v) is 4.81. The molecular weight excluding hydrogens is 228 g/mol. The number of hydrogen-bond acceptors (Lipinski definition) is 4. The number of rotatable bonds is 4. The van der Waals surface area contributed by atoms with E-state index in [2.05, 4.69) is 24.3 Å². The van der Waals surface area contributed by atoms with E-state index in [1.54, 1.807) is 0 Å². The van der Waals surface area contributed by atoms with Crippen molar-refractivity contribution in [3.05, 3.63) is 0 Å². The summed E-state index contributed by atoms with van der Waals surface area (Å²) in [5.41, 5.74) is 0. The molecule has 0 aromatic heterocycles. The Kier molecular flexibility index (Phi) is 3.63. The zero-order valence-electron chi connectivity index (χ0n) is 11.7. The lowest BCUT2D eigenvalue weighted by molar-refractivity contribution is -0.192. The first-order valence-electron chi connectivity index (χ1n) is 7.38. The maximum absolute atomic E-state index is 5.90. The SMILES string of the molecule is CNC1CCC2(CC1N(C)CC1CC1)OCCO2. The van der Waals surface area contributed by atoms with E-state index in [0.29, 0.717) is 12.1 Å². The van der Waals surface area contributed by atoms with Gasteiger partial charge in [0.15, 0.2) is 5.79 Å². The molecule has 0 amide bonds. The number of hydrogen-bond donors (Lipinski definition) is 1. The van der Waals surface area contributed by atoms with Crippen LogP contribution in [0, 0.1) is 5.92 Å². The van der Waals surface area contributed by atoms with Gasteiger partial charge in [0.05, 0.1) is 13.2 Å². The largest absolute Gasteiger partial charge is 0.347 e. The maximum Gasteiger partial charge on any atom is 0.170 e. The average molecular weight is 254 g/mol. The molecule has 1 saturated heterocycles. The summed E-state index contributed by atoms with van der Waals surface area (Å²) in [7, 11) is 4.35. The van der Waals surface area contributed by atoms with Crippen LogP contribution >= 0.6 is 0 Å². The Hall–Kier alpha value is -0.160. The highest BCUT2D eigenvalue weighted by Gasteiger charge is 2.46. The molecule has 3 fully saturated rings. The van der Waals surface area contributed by atoms with E-state index in [1.165, 1.54) is 19.4 Å². The monoisotopic (exact) mass is 254 g/mol. The fourth-order valence-corrected chi connectivity index (χ4v) is 3.53. The second-order valence-corrected chi connectivity index (χ2v) is 6.20. The summed E-state index contributed by atoms with van der Waals surface area (Å²) in [5, 5.41) is 3.48. The van der Waals surface area contributed by atoms with Crippen LogP contribution in [0.15, 0.2) is 0 Å². The molecule has 3 rings (SSSR count). The second kappa shape index (κ2) is 5.08. The standard InChI is InChI=1S/C14H26N2O2/c1-15-12-5-6-14(17-7-8-18-14)9-13(12)16(2)10-11-3-4-11/h11-13,15H,3-10H2,1-2H3. The van der Waals surface area contributed by atoms with Crippen LogP contribution < -0.4 is 5.32 Å². The highest BCUT2D eigenvalue weighted by atomic mass is 16.7. The summed E-state index contributed by atoms with van der Waals surface area (Å²) >= 11 is 0. The van der Waals surface area contributed by atoms with Crippen molar-refractivity contribution in [2.24, 2.45) is 5.92 Å². The minimum Gasteiger partial charge on any atom is -0.347 e. The van der Waals surface area contributed by atoms with Gasteiger partial charge in [0.25, 0.3) is 0 Å². The Bertz CT molecular complexity index is 288. The van der Waals surface area contributed by atoms with Crippen LogP contribution in [0.25, 0.3) is 0 Å². The zero-order chi connectivity index (χ0) is 12.6. The van der Waals surface area contributed by atoms with Crippen molar-refractivity contribution in [1.82, 2.24) is 10.2 Å². The van der Waals surface area contributed by atoms with Crippen LogP contribution in [0.2, 0.25) is 0 Å². The average Bonchev–Trinajstić information content (AvgIpc) is 3.08. The van der Waals surface area contributed by atoms with Crippen molar-refractivity contribution < 1.29 is 9.47 Å². The van der Waals surface area contributed by atoms with Crippen LogP contribution in [-0.2, 0) is 9.47 Å². The summed E-state index contributed by atoms with van der Waals surface area (Å²) in [4.78, 5) is 2.53. The minimum absolute atomic E-state index is 0.268. The molecule has 2 unspecified atom stereocenters. The minimum atomic E-state index is -0.268.